The summed E-state index contributed by atoms with van der Waals surface area (Å²) < 4.78 is 13.0. The molecule has 0 aromatic heterocycles. The normalized spacial score (nSPS) is 34.2. The first-order valence-electron chi connectivity index (χ1n) is 8.45. The molecule has 4 rings (SSSR count). The maximum absolute atomic E-state index is 13.0. The van der Waals surface area contributed by atoms with Crippen LogP contribution >= 0.6 is 11.8 Å². The van der Waals surface area contributed by atoms with Crippen LogP contribution in [-0.2, 0) is 4.79 Å². The lowest BCUT2D eigenvalue weighted by Gasteiger charge is -2.37. The number of nitrogens with one attached hydrogen (secondary N) is 2. The number of hydrogen-bond donors (Lipinski definition) is 4. The summed E-state index contributed by atoms with van der Waals surface area (Å²) in [6.07, 6.45) is 0.269. The van der Waals surface area contributed by atoms with Crippen LogP contribution in [-0.4, -0.2) is 50.8 Å². The molecule has 4 N–H and O–H groups in total. The van der Waals surface area contributed by atoms with Crippen molar-refractivity contribution in [2.75, 3.05) is 5.32 Å². The predicted molar refractivity (Wildman–Crippen MR) is 93.9 cm³/mol. The molecule has 0 radical (unpaired) electrons. The average molecular weight is 365 g/mol. The van der Waals surface area contributed by atoms with Gasteiger partial charge in [-0.2, -0.15) is 0 Å². The zero-order valence-corrected chi connectivity index (χ0v) is 14.2. The summed E-state index contributed by atoms with van der Waals surface area (Å²) in [4.78, 5) is 17.0. The van der Waals surface area contributed by atoms with Gasteiger partial charge >= 0.3 is 0 Å². The van der Waals surface area contributed by atoms with E-state index >= 15 is 0 Å². The van der Waals surface area contributed by atoms with E-state index in [1.807, 2.05) is 0 Å². The van der Waals surface area contributed by atoms with Crippen LogP contribution in [0.4, 0.5) is 10.1 Å². The minimum absolute atomic E-state index is 0.0748. The summed E-state index contributed by atoms with van der Waals surface area (Å²) >= 11 is 1.40. The highest BCUT2D eigenvalue weighted by Gasteiger charge is 2.50. The summed E-state index contributed by atoms with van der Waals surface area (Å²) in [7, 11) is 0. The highest BCUT2D eigenvalue weighted by Crippen LogP contribution is 2.41. The Hall–Kier alpha value is -1.64. The molecule has 5 atom stereocenters. The van der Waals surface area contributed by atoms with Gasteiger partial charge < -0.3 is 20.8 Å². The number of aliphatic hydroxyl groups is 2. The quantitative estimate of drug-likeness (QED) is 0.644. The van der Waals surface area contributed by atoms with E-state index in [1.165, 1.54) is 23.9 Å². The number of rotatable bonds is 3. The summed E-state index contributed by atoms with van der Waals surface area (Å²) in [5.41, 5.74) is 0.681. The number of anilines is 1. The Labute approximate surface area is 148 Å². The third kappa shape index (κ3) is 3.51. The van der Waals surface area contributed by atoms with Crippen molar-refractivity contribution in [1.82, 2.24) is 5.32 Å². The van der Waals surface area contributed by atoms with E-state index in [0.29, 0.717) is 10.9 Å². The molecule has 6 nitrogen and oxygen atoms in total. The van der Waals surface area contributed by atoms with Gasteiger partial charge in [-0.05, 0) is 43.5 Å². The number of carbonyl (C=O) groups excluding carboxylic acids is 1. The van der Waals surface area contributed by atoms with Gasteiger partial charge in [0.15, 0.2) is 5.17 Å². The number of amides is 1. The second kappa shape index (κ2) is 6.59. The van der Waals surface area contributed by atoms with Crippen molar-refractivity contribution in [3.8, 4) is 0 Å². The minimum atomic E-state index is -0.991. The number of aliphatic imine (C=N–C) groups is 1. The lowest BCUT2D eigenvalue weighted by Crippen LogP contribution is -2.54. The zero-order valence-electron chi connectivity index (χ0n) is 13.4. The van der Waals surface area contributed by atoms with Gasteiger partial charge in [-0.1, -0.05) is 11.8 Å². The fourth-order valence-corrected chi connectivity index (χ4v) is 4.68. The van der Waals surface area contributed by atoms with Crippen LogP contribution in [0.25, 0.3) is 0 Å². The molecule has 1 amide bonds. The van der Waals surface area contributed by atoms with Crippen molar-refractivity contribution in [2.45, 2.75) is 48.8 Å². The fourth-order valence-electron chi connectivity index (χ4n) is 3.30. The van der Waals surface area contributed by atoms with Crippen molar-refractivity contribution >= 4 is 28.5 Å². The molecular weight excluding hydrogens is 345 g/mol. The highest BCUT2D eigenvalue weighted by molar-refractivity contribution is 8.15. The molecule has 25 heavy (non-hydrogen) atoms. The molecule has 2 aliphatic carbocycles. The van der Waals surface area contributed by atoms with Crippen molar-refractivity contribution in [2.24, 2.45) is 10.9 Å². The highest BCUT2D eigenvalue weighted by atomic mass is 32.2. The fraction of sp³-hybridized carbons (Fsp3) is 0.529. The van der Waals surface area contributed by atoms with E-state index < -0.39 is 24.2 Å². The largest absolute Gasteiger partial charge is 0.390 e. The molecule has 0 bridgehead atoms. The third-order valence-electron chi connectivity index (χ3n) is 4.84. The molecule has 0 spiro atoms. The molecule has 3 aliphatic rings. The van der Waals surface area contributed by atoms with E-state index in [2.05, 4.69) is 15.6 Å². The smallest absolute Gasteiger partial charge is 0.224 e. The maximum atomic E-state index is 13.0. The Morgan fingerprint density at radius 2 is 1.96 bits per heavy atom. The number of carbonyl (C=O) groups is 1. The SMILES string of the molecule is O=C(NC1CC1)C1CC(O)C(O)C2N=C(Nc3ccc(F)cc3)SC12. The van der Waals surface area contributed by atoms with E-state index in [9.17, 15) is 19.4 Å². The first kappa shape index (κ1) is 16.8. The second-order valence-electron chi connectivity index (χ2n) is 6.82. The monoisotopic (exact) mass is 365 g/mol. The van der Waals surface area contributed by atoms with Crippen LogP contribution in [0.3, 0.4) is 0 Å². The molecule has 1 aliphatic heterocycles. The number of thioether (sulfide) groups is 1. The molecule has 1 aromatic carbocycles. The molecule has 5 unspecified atom stereocenters. The van der Waals surface area contributed by atoms with Crippen LogP contribution in [0.2, 0.25) is 0 Å². The van der Waals surface area contributed by atoms with Crippen LogP contribution in [0.5, 0.6) is 0 Å². The van der Waals surface area contributed by atoms with E-state index in [4.69, 9.17) is 0 Å². The van der Waals surface area contributed by atoms with E-state index in [1.54, 1.807) is 12.1 Å². The van der Waals surface area contributed by atoms with Gasteiger partial charge in [-0.15, -0.1) is 0 Å². The molecular formula is C17H20FN3O3S. The Morgan fingerprint density at radius 1 is 1.24 bits per heavy atom. The summed E-state index contributed by atoms with van der Waals surface area (Å²) in [5.74, 6) is -0.796. The Kier molecular flexibility index (Phi) is 4.43. The van der Waals surface area contributed by atoms with E-state index in [0.717, 1.165) is 12.8 Å². The number of aliphatic hydroxyl groups excluding tert-OH is 2. The number of amidine groups is 1. The second-order valence-corrected chi connectivity index (χ2v) is 7.99. The topological polar surface area (TPSA) is 94.0 Å². The molecule has 0 saturated heterocycles. The number of hydrogen-bond acceptors (Lipinski definition) is 6. The van der Waals surface area contributed by atoms with Crippen LogP contribution < -0.4 is 10.6 Å². The maximum Gasteiger partial charge on any atom is 0.224 e. The summed E-state index contributed by atoms with van der Waals surface area (Å²) in [6, 6.07) is 5.61. The number of benzene rings is 1. The molecule has 2 fully saturated rings. The lowest BCUT2D eigenvalue weighted by molar-refractivity contribution is -0.129. The summed E-state index contributed by atoms with van der Waals surface area (Å²) in [6.45, 7) is 0. The van der Waals surface area contributed by atoms with Gasteiger partial charge in [-0.3, -0.25) is 9.79 Å². The molecule has 1 aromatic rings. The van der Waals surface area contributed by atoms with Gasteiger partial charge in [0.2, 0.25) is 5.91 Å². The zero-order chi connectivity index (χ0) is 17.6. The predicted octanol–water partition coefficient (Wildman–Crippen LogP) is 1.10. The molecule has 1 heterocycles. The van der Waals surface area contributed by atoms with E-state index in [-0.39, 0.29) is 29.4 Å². The van der Waals surface area contributed by atoms with Crippen LogP contribution in [0.1, 0.15) is 19.3 Å². The number of halogens is 1. The first-order valence-corrected chi connectivity index (χ1v) is 9.33. The Bertz CT molecular complexity index is 695. The lowest BCUT2D eigenvalue weighted by atomic mass is 9.81. The van der Waals surface area contributed by atoms with Gasteiger partial charge in [0.05, 0.1) is 18.1 Å². The molecule has 2 saturated carbocycles. The van der Waals surface area contributed by atoms with Crippen LogP contribution in [0, 0.1) is 11.7 Å². The minimum Gasteiger partial charge on any atom is -0.390 e. The standard InChI is InChI=1S/C17H20FN3O3S/c18-8-1-3-10(4-2-8)20-17-21-13-14(23)12(22)7-11(15(13)25-17)16(24)19-9-5-6-9/h1-4,9,11-15,22-23H,5-7H2,(H,19,24)(H,20,21). The van der Waals surface area contributed by atoms with Gasteiger partial charge in [0.25, 0.3) is 0 Å². The van der Waals surface area contributed by atoms with Crippen molar-refractivity contribution in [3.63, 3.8) is 0 Å². The van der Waals surface area contributed by atoms with Crippen molar-refractivity contribution in [3.05, 3.63) is 30.1 Å². The molecule has 8 heteroatoms. The first-order chi connectivity index (χ1) is 12.0. The van der Waals surface area contributed by atoms with Crippen molar-refractivity contribution in [1.29, 1.82) is 0 Å². The third-order valence-corrected chi connectivity index (χ3v) is 6.15. The average Bonchev–Trinajstić information content (AvgIpc) is 3.30. The van der Waals surface area contributed by atoms with Crippen LogP contribution in [0.15, 0.2) is 29.3 Å². The summed E-state index contributed by atoms with van der Waals surface area (Å²) in [5, 5.41) is 26.8. The Balaban J connectivity index is 1.49. The number of fused-ring (bicyclic) bond motifs is 1. The van der Waals surface area contributed by atoms with Gasteiger partial charge in [-0.25, -0.2) is 4.39 Å². The number of nitrogens with zero attached hydrogens (tertiary/aromatic N) is 1. The van der Waals surface area contributed by atoms with Crippen molar-refractivity contribution < 1.29 is 19.4 Å². The van der Waals surface area contributed by atoms with Gasteiger partial charge in [0.1, 0.15) is 11.9 Å². The Morgan fingerprint density at radius 3 is 2.64 bits per heavy atom. The van der Waals surface area contributed by atoms with Gasteiger partial charge in [0, 0.05) is 17.0 Å². The molecule has 134 valence electrons.